The zero-order valence-electron chi connectivity index (χ0n) is 9.19. The summed E-state index contributed by atoms with van der Waals surface area (Å²) >= 11 is 0. The monoisotopic (exact) mass is 233 g/mol. The van der Waals surface area contributed by atoms with Gasteiger partial charge in [0.15, 0.2) is 0 Å². The van der Waals surface area contributed by atoms with Crippen LogP contribution < -0.4 is 10.5 Å². The minimum absolute atomic E-state index is 0.0163. The van der Waals surface area contributed by atoms with Gasteiger partial charge >= 0.3 is 0 Å². The van der Waals surface area contributed by atoms with Gasteiger partial charge in [-0.2, -0.15) is 0 Å². The zero-order chi connectivity index (χ0) is 12.3. The molecule has 2 nitrogen and oxygen atoms in total. The summed E-state index contributed by atoms with van der Waals surface area (Å²) in [5.74, 6) is -3.86. The summed E-state index contributed by atoms with van der Waals surface area (Å²) in [6.07, 6.45) is -0.536. The Morgan fingerprint density at radius 2 is 2.00 bits per heavy atom. The molecule has 0 saturated heterocycles. The molecule has 90 valence electrons. The van der Waals surface area contributed by atoms with Gasteiger partial charge in [-0.05, 0) is 31.2 Å². The molecule has 1 rings (SSSR count). The van der Waals surface area contributed by atoms with Gasteiger partial charge in [0.2, 0.25) is 0 Å². The Labute approximate surface area is 92.2 Å². The van der Waals surface area contributed by atoms with E-state index in [9.17, 15) is 13.2 Å². The largest absolute Gasteiger partial charge is 0.496 e. The van der Waals surface area contributed by atoms with Crippen LogP contribution in [0.2, 0.25) is 0 Å². The van der Waals surface area contributed by atoms with Gasteiger partial charge in [0.1, 0.15) is 11.6 Å². The van der Waals surface area contributed by atoms with Crippen LogP contribution in [0.1, 0.15) is 17.5 Å². The number of ether oxygens (including phenoxy) is 1. The molecule has 0 aliphatic rings. The molecule has 0 heterocycles. The highest BCUT2D eigenvalue weighted by molar-refractivity contribution is 5.40. The third-order valence-electron chi connectivity index (χ3n) is 2.33. The average molecular weight is 233 g/mol. The maximum absolute atomic E-state index is 13.6. The van der Waals surface area contributed by atoms with Crippen LogP contribution in [-0.4, -0.2) is 13.7 Å². The lowest BCUT2D eigenvalue weighted by Gasteiger charge is -2.19. The fourth-order valence-electron chi connectivity index (χ4n) is 1.43. The molecule has 0 atom stereocenters. The van der Waals surface area contributed by atoms with Gasteiger partial charge in [-0.15, -0.1) is 0 Å². The minimum Gasteiger partial charge on any atom is -0.496 e. The Hall–Kier alpha value is -1.23. The summed E-state index contributed by atoms with van der Waals surface area (Å²) in [7, 11) is 1.27. The molecule has 0 saturated carbocycles. The summed E-state index contributed by atoms with van der Waals surface area (Å²) in [5, 5.41) is 0. The van der Waals surface area contributed by atoms with E-state index in [1.165, 1.54) is 20.1 Å². The van der Waals surface area contributed by atoms with Crippen LogP contribution in [-0.2, 0) is 5.92 Å². The van der Waals surface area contributed by atoms with E-state index in [4.69, 9.17) is 10.5 Å². The lowest BCUT2D eigenvalue weighted by Crippen LogP contribution is -2.20. The molecule has 0 unspecified atom stereocenters. The number of hydrogen-bond donors (Lipinski definition) is 1. The Morgan fingerprint density at radius 1 is 1.38 bits per heavy atom. The number of halogens is 3. The first-order valence-electron chi connectivity index (χ1n) is 4.85. The van der Waals surface area contributed by atoms with E-state index >= 15 is 0 Å². The van der Waals surface area contributed by atoms with E-state index in [0.717, 1.165) is 6.07 Å². The fourth-order valence-corrected chi connectivity index (χ4v) is 1.43. The predicted molar refractivity (Wildman–Crippen MR) is 55.3 cm³/mol. The van der Waals surface area contributed by atoms with Gasteiger partial charge in [0, 0.05) is 6.42 Å². The number of alkyl halides is 2. The van der Waals surface area contributed by atoms with Crippen LogP contribution in [0, 0.1) is 12.7 Å². The Bertz CT molecular complexity index is 380. The number of aryl methyl sites for hydroxylation is 1. The smallest absolute Gasteiger partial charge is 0.278 e. The SMILES string of the molecule is COc1cc(C)c(F)cc1C(F)(F)CCN. The first-order valence-corrected chi connectivity index (χ1v) is 4.85. The molecule has 0 aliphatic carbocycles. The van der Waals surface area contributed by atoms with E-state index in [1.54, 1.807) is 0 Å². The zero-order valence-corrected chi connectivity index (χ0v) is 9.19. The minimum atomic E-state index is -3.17. The highest BCUT2D eigenvalue weighted by Crippen LogP contribution is 2.38. The molecule has 0 aliphatic heterocycles. The van der Waals surface area contributed by atoms with Crippen LogP contribution in [0.15, 0.2) is 12.1 Å². The van der Waals surface area contributed by atoms with Crippen molar-refractivity contribution in [3.63, 3.8) is 0 Å². The van der Waals surface area contributed by atoms with Crippen molar-refractivity contribution < 1.29 is 17.9 Å². The topological polar surface area (TPSA) is 35.2 Å². The third-order valence-corrected chi connectivity index (χ3v) is 2.33. The summed E-state index contributed by atoms with van der Waals surface area (Å²) < 4.78 is 45.3. The molecule has 1 aromatic rings. The number of methoxy groups -OCH3 is 1. The number of rotatable bonds is 4. The first kappa shape index (κ1) is 12.8. The average Bonchev–Trinajstić information content (AvgIpc) is 2.21. The van der Waals surface area contributed by atoms with Crippen LogP contribution in [0.4, 0.5) is 13.2 Å². The lowest BCUT2D eigenvalue weighted by atomic mass is 10.0. The van der Waals surface area contributed by atoms with Crippen molar-refractivity contribution in [1.82, 2.24) is 0 Å². The number of hydrogen-bond acceptors (Lipinski definition) is 2. The Balaban J connectivity index is 3.26. The van der Waals surface area contributed by atoms with Crippen molar-refractivity contribution in [2.75, 3.05) is 13.7 Å². The quantitative estimate of drug-likeness (QED) is 0.867. The van der Waals surface area contributed by atoms with Gasteiger partial charge in [0.25, 0.3) is 5.92 Å². The third kappa shape index (κ3) is 2.47. The molecule has 0 radical (unpaired) electrons. The predicted octanol–water partition coefficient (Wildman–Crippen LogP) is 2.58. The van der Waals surface area contributed by atoms with Gasteiger partial charge in [-0.3, -0.25) is 0 Å². The molecule has 0 bridgehead atoms. The fraction of sp³-hybridized carbons (Fsp3) is 0.455. The molecule has 16 heavy (non-hydrogen) atoms. The molecule has 0 amide bonds. The summed E-state index contributed by atoms with van der Waals surface area (Å²) in [5.41, 5.74) is 4.91. The van der Waals surface area contributed by atoms with Gasteiger partial charge in [-0.1, -0.05) is 0 Å². The van der Waals surface area contributed by atoms with Crippen LogP contribution in [0.3, 0.4) is 0 Å². The van der Waals surface area contributed by atoms with Crippen LogP contribution >= 0.6 is 0 Å². The van der Waals surface area contributed by atoms with Crippen LogP contribution in [0.5, 0.6) is 5.75 Å². The van der Waals surface area contributed by atoms with E-state index in [-0.39, 0.29) is 17.9 Å². The number of benzene rings is 1. The highest BCUT2D eigenvalue weighted by Gasteiger charge is 2.34. The van der Waals surface area contributed by atoms with Crippen molar-refractivity contribution in [3.05, 3.63) is 29.1 Å². The molecule has 0 fully saturated rings. The summed E-state index contributed by atoms with van der Waals surface area (Å²) in [6.45, 7) is 1.31. The second-order valence-corrected chi connectivity index (χ2v) is 3.54. The van der Waals surface area contributed by atoms with Crippen molar-refractivity contribution in [3.8, 4) is 5.75 Å². The van der Waals surface area contributed by atoms with Gasteiger partial charge in [-0.25, -0.2) is 13.2 Å². The molecule has 1 aromatic carbocycles. The first-order chi connectivity index (χ1) is 7.42. The maximum atomic E-state index is 13.6. The standard InChI is InChI=1S/C11H14F3NO/c1-7-5-10(16-2)8(6-9(7)12)11(13,14)3-4-15/h5-6H,3-4,15H2,1-2H3. The second kappa shape index (κ2) is 4.74. The molecule has 2 N–H and O–H groups in total. The number of nitrogens with two attached hydrogens (primary N) is 1. The Morgan fingerprint density at radius 3 is 2.50 bits per heavy atom. The van der Waals surface area contributed by atoms with Gasteiger partial charge < -0.3 is 10.5 Å². The van der Waals surface area contributed by atoms with Crippen molar-refractivity contribution >= 4 is 0 Å². The lowest BCUT2D eigenvalue weighted by molar-refractivity contribution is -0.0131. The normalized spacial score (nSPS) is 11.6. The summed E-state index contributed by atoms with van der Waals surface area (Å²) in [6, 6.07) is 2.07. The van der Waals surface area contributed by atoms with Crippen LogP contribution in [0.25, 0.3) is 0 Å². The molecular weight excluding hydrogens is 219 g/mol. The molecule has 5 heteroatoms. The van der Waals surface area contributed by atoms with Crippen molar-refractivity contribution in [2.45, 2.75) is 19.3 Å². The van der Waals surface area contributed by atoms with E-state index in [0.29, 0.717) is 0 Å². The van der Waals surface area contributed by atoms with Crippen molar-refractivity contribution in [1.29, 1.82) is 0 Å². The molecular formula is C11H14F3NO. The van der Waals surface area contributed by atoms with Crippen molar-refractivity contribution in [2.24, 2.45) is 5.73 Å². The van der Waals surface area contributed by atoms with E-state index < -0.39 is 23.7 Å². The highest BCUT2D eigenvalue weighted by atomic mass is 19.3. The van der Waals surface area contributed by atoms with Gasteiger partial charge in [0.05, 0.1) is 12.7 Å². The molecule has 0 aromatic heterocycles. The summed E-state index contributed by atoms with van der Waals surface area (Å²) in [4.78, 5) is 0. The molecule has 0 spiro atoms. The second-order valence-electron chi connectivity index (χ2n) is 3.54. The Kier molecular flexibility index (Phi) is 3.80. The van der Waals surface area contributed by atoms with E-state index in [1.807, 2.05) is 0 Å². The van der Waals surface area contributed by atoms with E-state index in [2.05, 4.69) is 0 Å². The maximum Gasteiger partial charge on any atom is 0.278 e.